The van der Waals surface area contributed by atoms with Crippen molar-refractivity contribution in [2.75, 3.05) is 32.7 Å². The minimum absolute atomic E-state index is 0.157. The van der Waals surface area contributed by atoms with E-state index >= 15 is 0 Å². The van der Waals surface area contributed by atoms with Gasteiger partial charge >= 0.3 is 5.97 Å². The number of nitrogens with zero attached hydrogens (tertiary/aromatic N) is 3. The predicted molar refractivity (Wildman–Crippen MR) is 146 cm³/mol. The SMILES string of the molecule is CC(C)(C)C(C(=O)O)N1CC(Cc2ccc(F)cc2)C(CN2CCC(CCC(F)(F)c3ccccn3)CC2)C1. The number of carboxylic acids is 1. The number of likely N-dealkylation sites (tertiary alicyclic amines) is 2. The van der Waals surface area contributed by atoms with Gasteiger partial charge < -0.3 is 10.0 Å². The van der Waals surface area contributed by atoms with Crippen LogP contribution in [-0.2, 0) is 17.1 Å². The van der Waals surface area contributed by atoms with E-state index in [1.165, 1.54) is 24.4 Å². The number of alkyl halides is 2. The lowest BCUT2D eigenvalue weighted by Crippen LogP contribution is -2.48. The second-order valence-corrected chi connectivity index (χ2v) is 12.6. The Bertz CT molecular complexity index is 1070. The highest BCUT2D eigenvalue weighted by Gasteiger charge is 2.44. The number of rotatable bonds is 10. The van der Waals surface area contributed by atoms with Crippen molar-refractivity contribution in [3.8, 4) is 0 Å². The fraction of sp³-hybridized carbons (Fsp3) is 0.613. The normalized spacial score (nSPS) is 22.7. The van der Waals surface area contributed by atoms with Crippen LogP contribution in [0.3, 0.4) is 0 Å². The van der Waals surface area contributed by atoms with Crippen LogP contribution in [0.2, 0.25) is 0 Å². The summed E-state index contributed by atoms with van der Waals surface area (Å²) in [6.45, 7) is 9.88. The minimum Gasteiger partial charge on any atom is -0.480 e. The van der Waals surface area contributed by atoms with Crippen molar-refractivity contribution < 1.29 is 23.1 Å². The van der Waals surface area contributed by atoms with E-state index in [-0.39, 0.29) is 35.7 Å². The fourth-order valence-electron chi connectivity index (χ4n) is 6.50. The van der Waals surface area contributed by atoms with Gasteiger partial charge in [-0.2, -0.15) is 8.78 Å². The molecule has 0 amide bonds. The summed E-state index contributed by atoms with van der Waals surface area (Å²) in [6.07, 6.45) is 4.25. The van der Waals surface area contributed by atoms with Crippen molar-refractivity contribution in [3.05, 3.63) is 65.7 Å². The average molecular weight is 546 g/mol. The number of pyridine rings is 1. The van der Waals surface area contributed by atoms with Gasteiger partial charge in [0.05, 0.1) is 0 Å². The molecule has 0 radical (unpaired) electrons. The van der Waals surface area contributed by atoms with Crippen LogP contribution in [0, 0.1) is 29.0 Å². The first-order valence-electron chi connectivity index (χ1n) is 14.2. The van der Waals surface area contributed by atoms with Crippen LogP contribution in [0.1, 0.15) is 57.7 Å². The Hall–Kier alpha value is -2.45. The third kappa shape index (κ3) is 7.82. The molecule has 0 saturated carbocycles. The van der Waals surface area contributed by atoms with Crippen LogP contribution in [-0.4, -0.2) is 64.6 Å². The maximum atomic E-state index is 14.6. The molecule has 0 bridgehead atoms. The number of benzene rings is 1. The number of hydrogen-bond donors (Lipinski definition) is 1. The lowest BCUT2D eigenvalue weighted by molar-refractivity contribution is -0.147. The molecule has 1 aromatic carbocycles. The molecular weight excluding hydrogens is 503 g/mol. The summed E-state index contributed by atoms with van der Waals surface area (Å²) in [5.74, 6) is -3.16. The molecule has 2 aliphatic heterocycles. The van der Waals surface area contributed by atoms with E-state index in [1.54, 1.807) is 12.1 Å². The fourth-order valence-corrected chi connectivity index (χ4v) is 6.50. The van der Waals surface area contributed by atoms with Gasteiger partial charge in [-0.25, -0.2) is 4.39 Å². The highest BCUT2D eigenvalue weighted by atomic mass is 19.3. The van der Waals surface area contributed by atoms with Crippen LogP contribution in [0.15, 0.2) is 48.7 Å². The first-order valence-corrected chi connectivity index (χ1v) is 14.2. The highest BCUT2D eigenvalue weighted by Crippen LogP contribution is 2.37. The molecule has 2 aromatic rings. The van der Waals surface area contributed by atoms with Crippen molar-refractivity contribution in [1.29, 1.82) is 0 Å². The molecule has 39 heavy (non-hydrogen) atoms. The smallest absolute Gasteiger partial charge is 0.321 e. The molecule has 3 atom stereocenters. The molecule has 214 valence electrons. The summed E-state index contributed by atoms with van der Waals surface area (Å²) in [6, 6.07) is 10.7. The monoisotopic (exact) mass is 545 g/mol. The van der Waals surface area contributed by atoms with Gasteiger partial charge in [0, 0.05) is 32.3 Å². The molecule has 2 saturated heterocycles. The van der Waals surface area contributed by atoms with Gasteiger partial charge in [0.2, 0.25) is 0 Å². The van der Waals surface area contributed by atoms with Crippen LogP contribution in [0.5, 0.6) is 0 Å². The van der Waals surface area contributed by atoms with Crippen LogP contribution >= 0.6 is 0 Å². The van der Waals surface area contributed by atoms with Gasteiger partial charge in [0.15, 0.2) is 0 Å². The molecule has 4 rings (SSSR count). The van der Waals surface area contributed by atoms with Gasteiger partial charge in [0.25, 0.3) is 5.92 Å². The zero-order valence-corrected chi connectivity index (χ0v) is 23.3. The van der Waals surface area contributed by atoms with Gasteiger partial charge in [-0.1, -0.05) is 39.0 Å². The quantitative estimate of drug-likeness (QED) is 0.391. The number of halogens is 3. The molecule has 1 aromatic heterocycles. The Kier molecular flexibility index (Phi) is 9.37. The van der Waals surface area contributed by atoms with Gasteiger partial charge in [-0.15, -0.1) is 0 Å². The molecule has 1 N–H and O–H groups in total. The Morgan fingerprint density at radius 3 is 2.31 bits per heavy atom. The summed E-state index contributed by atoms with van der Waals surface area (Å²) in [5, 5.41) is 10.0. The zero-order chi connectivity index (χ0) is 28.2. The maximum absolute atomic E-state index is 14.6. The lowest BCUT2D eigenvalue weighted by atomic mass is 9.85. The second kappa shape index (κ2) is 12.4. The predicted octanol–water partition coefficient (Wildman–Crippen LogP) is 6.09. The molecule has 0 aliphatic carbocycles. The third-order valence-corrected chi connectivity index (χ3v) is 8.54. The molecule has 2 aliphatic rings. The molecule has 8 heteroatoms. The Morgan fingerprint density at radius 1 is 1.05 bits per heavy atom. The first-order chi connectivity index (χ1) is 18.4. The van der Waals surface area contributed by atoms with E-state index in [0.717, 1.165) is 44.5 Å². The summed E-state index contributed by atoms with van der Waals surface area (Å²) in [5.41, 5.74) is 0.496. The summed E-state index contributed by atoms with van der Waals surface area (Å²) < 4.78 is 42.7. The standard InChI is InChI=1S/C31H42F3N3O2/c1-30(2,3)28(29(38)39)37-20-24(18-23-7-9-26(32)10-8-23)25(21-37)19-36-16-12-22(13-17-36)11-14-31(33,34)27-6-4-5-15-35-27/h4-10,15,22,24-25,28H,11-14,16-21H2,1-3H3,(H,38,39). The number of carboxylic acid groups (broad SMARTS) is 1. The van der Waals surface area contributed by atoms with Crippen molar-refractivity contribution >= 4 is 5.97 Å². The van der Waals surface area contributed by atoms with E-state index < -0.39 is 23.3 Å². The molecule has 5 nitrogen and oxygen atoms in total. The Labute approximate surface area is 230 Å². The summed E-state index contributed by atoms with van der Waals surface area (Å²) in [4.78, 5) is 20.6. The largest absolute Gasteiger partial charge is 0.480 e. The van der Waals surface area contributed by atoms with E-state index in [1.807, 2.05) is 32.9 Å². The average Bonchev–Trinajstić information content (AvgIpc) is 3.25. The van der Waals surface area contributed by atoms with E-state index in [2.05, 4.69) is 14.8 Å². The Balaban J connectivity index is 1.36. The third-order valence-electron chi connectivity index (χ3n) is 8.54. The number of piperidine rings is 1. The van der Waals surface area contributed by atoms with E-state index in [0.29, 0.717) is 19.5 Å². The van der Waals surface area contributed by atoms with Crippen LogP contribution in [0.4, 0.5) is 13.2 Å². The van der Waals surface area contributed by atoms with Crippen LogP contribution in [0.25, 0.3) is 0 Å². The number of aromatic nitrogens is 1. The lowest BCUT2D eigenvalue weighted by Gasteiger charge is -2.36. The van der Waals surface area contributed by atoms with Gasteiger partial charge in [0.1, 0.15) is 17.6 Å². The summed E-state index contributed by atoms with van der Waals surface area (Å²) >= 11 is 0. The number of carbonyl (C=O) groups is 1. The Morgan fingerprint density at radius 2 is 1.72 bits per heavy atom. The zero-order valence-electron chi connectivity index (χ0n) is 23.3. The number of hydrogen-bond acceptors (Lipinski definition) is 4. The van der Waals surface area contributed by atoms with E-state index in [9.17, 15) is 23.1 Å². The first kappa shape index (κ1) is 29.5. The molecule has 0 spiro atoms. The summed E-state index contributed by atoms with van der Waals surface area (Å²) in [7, 11) is 0. The van der Waals surface area contributed by atoms with Crippen molar-refractivity contribution in [1.82, 2.24) is 14.8 Å². The van der Waals surface area contributed by atoms with Gasteiger partial charge in [-0.3, -0.25) is 14.7 Å². The molecule has 3 heterocycles. The number of aliphatic carboxylic acids is 1. The molecular formula is C31H42F3N3O2. The van der Waals surface area contributed by atoms with Gasteiger partial charge in [-0.05, 0) is 91.8 Å². The minimum atomic E-state index is -2.91. The molecule has 2 fully saturated rings. The maximum Gasteiger partial charge on any atom is 0.321 e. The van der Waals surface area contributed by atoms with E-state index in [4.69, 9.17) is 0 Å². The van der Waals surface area contributed by atoms with Crippen LogP contribution < -0.4 is 0 Å². The van der Waals surface area contributed by atoms with Crippen molar-refractivity contribution in [3.63, 3.8) is 0 Å². The molecule has 3 unspecified atom stereocenters. The topological polar surface area (TPSA) is 56.7 Å². The second-order valence-electron chi connectivity index (χ2n) is 12.6. The highest BCUT2D eigenvalue weighted by molar-refractivity contribution is 5.74. The van der Waals surface area contributed by atoms with Crippen molar-refractivity contribution in [2.45, 2.75) is 64.8 Å². The van der Waals surface area contributed by atoms with Crippen molar-refractivity contribution in [2.24, 2.45) is 23.2 Å².